The van der Waals surface area contributed by atoms with Gasteiger partial charge in [-0.1, -0.05) is 12.1 Å². The Kier molecular flexibility index (Phi) is 4.59. The van der Waals surface area contributed by atoms with Crippen LogP contribution in [0.4, 0.5) is 0 Å². The molecule has 1 aliphatic heterocycles. The van der Waals surface area contributed by atoms with Crippen molar-refractivity contribution in [2.45, 2.75) is 38.8 Å². The van der Waals surface area contributed by atoms with Crippen LogP contribution < -0.4 is 4.74 Å². The van der Waals surface area contributed by atoms with Crippen molar-refractivity contribution in [3.63, 3.8) is 0 Å². The third-order valence-electron chi connectivity index (χ3n) is 4.04. The molecule has 112 valence electrons. The predicted molar refractivity (Wildman–Crippen MR) is 92.6 cm³/mol. The Morgan fingerprint density at radius 3 is 2.76 bits per heavy atom. The third-order valence-corrected chi connectivity index (χ3v) is 4.56. The van der Waals surface area contributed by atoms with Gasteiger partial charge in [-0.3, -0.25) is 0 Å². The van der Waals surface area contributed by atoms with E-state index in [2.05, 4.69) is 51.3 Å². The molecular formula is C16H20IN3O. The fraction of sp³-hybridized carbons (Fsp3) is 0.500. The number of ether oxygens (including phenoxy) is 1. The van der Waals surface area contributed by atoms with E-state index in [-0.39, 0.29) is 0 Å². The van der Waals surface area contributed by atoms with Crippen LogP contribution in [0.25, 0.3) is 10.9 Å². The zero-order valence-electron chi connectivity index (χ0n) is 12.4. The van der Waals surface area contributed by atoms with E-state index < -0.39 is 0 Å². The third kappa shape index (κ3) is 3.45. The van der Waals surface area contributed by atoms with Crippen molar-refractivity contribution >= 4 is 33.5 Å². The molecule has 1 saturated heterocycles. The minimum atomic E-state index is 0.290. The van der Waals surface area contributed by atoms with E-state index >= 15 is 0 Å². The molecule has 0 aliphatic carbocycles. The van der Waals surface area contributed by atoms with Gasteiger partial charge in [-0.15, -0.1) is 0 Å². The summed E-state index contributed by atoms with van der Waals surface area (Å²) < 4.78 is 6.99. The molecule has 0 N–H and O–H groups in total. The van der Waals surface area contributed by atoms with Crippen molar-refractivity contribution in [2.24, 2.45) is 0 Å². The van der Waals surface area contributed by atoms with Gasteiger partial charge in [0.15, 0.2) is 3.83 Å². The number of rotatable bonds is 3. The maximum Gasteiger partial charge on any atom is 0.191 e. The predicted octanol–water partition coefficient (Wildman–Crippen LogP) is 3.49. The number of para-hydroxylation sites is 1. The minimum Gasteiger partial charge on any atom is -0.488 e. The number of likely N-dealkylation sites (tertiary alicyclic amines) is 1. The summed E-state index contributed by atoms with van der Waals surface area (Å²) in [5, 5.41) is 1.03. The molecule has 4 nitrogen and oxygen atoms in total. The number of nitrogens with zero attached hydrogens (tertiary/aromatic N) is 3. The van der Waals surface area contributed by atoms with Gasteiger partial charge in [0, 0.05) is 53.3 Å². The molecule has 21 heavy (non-hydrogen) atoms. The Morgan fingerprint density at radius 2 is 2.05 bits per heavy atom. The maximum atomic E-state index is 6.23. The second-order valence-electron chi connectivity index (χ2n) is 5.78. The lowest BCUT2D eigenvalue weighted by atomic mass is 10.1. The highest BCUT2D eigenvalue weighted by molar-refractivity contribution is 14.1. The van der Waals surface area contributed by atoms with Crippen LogP contribution >= 0.6 is 22.6 Å². The fourth-order valence-electron chi connectivity index (χ4n) is 2.79. The van der Waals surface area contributed by atoms with Crippen LogP contribution in [0.3, 0.4) is 0 Å². The fourth-order valence-corrected chi connectivity index (χ4v) is 3.17. The highest BCUT2D eigenvalue weighted by Gasteiger charge is 2.22. The number of hydrogen-bond acceptors (Lipinski definition) is 4. The zero-order valence-corrected chi connectivity index (χ0v) is 14.6. The number of hydrogen-bond donors (Lipinski definition) is 0. The average molecular weight is 397 g/mol. The van der Waals surface area contributed by atoms with Gasteiger partial charge in [0.1, 0.15) is 17.4 Å². The minimum absolute atomic E-state index is 0.290. The van der Waals surface area contributed by atoms with Crippen LogP contribution in [-0.2, 0) is 0 Å². The molecule has 0 radical (unpaired) electrons. The number of halogens is 1. The summed E-state index contributed by atoms with van der Waals surface area (Å²) in [7, 11) is 0. The van der Waals surface area contributed by atoms with Crippen molar-refractivity contribution < 1.29 is 4.74 Å². The van der Waals surface area contributed by atoms with E-state index in [0.29, 0.717) is 12.1 Å². The van der Waals surface area contributed by atoms with Gasteiger partial charge in [0.25, 0.3) is 0 Å². The van der Waals surface area contributed by atoms with Gasteiger partial charge in [-0.25, -0.2) is 9.97 Å². The molecule has 1 aromatic heterocycles. The lowest BCUT2D eigenvalue weighted by Crippen LogP contribution is -2.41. The van der Waals surface area contributed by atoms with Gasteiger partial charge in [-0.2, -0.15) is 0 Å². The molecule has 0 saturated carbocycles. The van der Waals surface area contributed by atoms with Gasteiger partial charge >= 0.3 is 0 Å². The summed E-state index contributed by atoms with van der Waals surface area (Å²) in [6.07, 6.45) is 4.31. The monoisotopic (exact) mass is 397 g/mol. The van der Waals surface area contributed by atoms with Crippen LogP contribution in [0.1, 0.15) is 26.7 Å². The molecule has 0 unspecified atom stereocenters. The molecule has 0 spiro atoms. The first kappa shape index (κ1) is 15.0. The summed E-state index contributed by atoms with van der Waals surface area (Å²) in [4.78, 5) is 11.3. The van der Waals surface area contributed by atoms with Gasteiger partial charge in [-0.05, 0) is 32.8 Å². The molecule has 5 heteroatoms. The summed E-state index contributed by atoms with van der Waals surface area (Å²) in [6.45, 7) is 6.73. The number of aromatic nitrogens is 2. The van der Waals surface area contributed by atoms with E-state index in [1.54, 1.807) is 0 Å². The highest BCUT2D eigenvalue weighted by Crippen LogP contribution is 2.27. The van der Waals surface area contributed by atoms with E-state index in [9.17, 15) is 0 Å². The topological polar surface area (TPSA) is 38.2 Å². The number of piperidine rings is 1. The van der Waals surface area contributed by atoms with Crippen molar-refractivity contribution in [1.29, 1.82) is 0 Å². The second-order valence-corrected chi connectivity index (χ2v) is 6.74. The summed E-state index contributed by atoms with van der Waals surface area (Å²) in [5.41, 5.74) is 0.920. The second kappa shape index (κ2) is 6.44. The summed E-state index contributed by atoms with van der Waals surface area (Å²) in [6, 6.07) is 6.68. The van der Waals surface area contributed by atoms with Crippen molar-refractivity contribution in [3.8, 4) is 5.75 Å². The number of benzene rings is 1. The largest absolute Gasteiger partial charge is 0.488 e. The smallest absolute Gasteiger partial charge is 0.191 e. The summed E-state index contributed by atoms with van der Waals surface area (Å²) >= 11 is 2.14. The first-order chi connectivity index (χ1) is 10.1. The standard InChI is InChI=1S/C16H20IN3O/c1-11(2)20-8-6-13(7-9-20)21-14-5-3-4-12-10-18-16(17)19-15(12)14/h3-5,10-11,13H,6-9H2,1-2H3. The normalized spacial score (nSPS) is 17.5. The first-order valence-corrected chi connectivity index (χ1v) is 8.53. The SMILES string of the molecule is CC(C)N1CCC(Oc2cccc3cnc(I)nc23)CC1. The van der Waals surface area contributed by atoms with Crippen molar-refractivity contribution in [2.75, 3.05) is 13.1 Å². The number of fused-ring (bicyclic) bond motifs is 1. The highest BCUT2D eigenvalue weighted by atomic mass is 127. The molecule has 1 aromatic carbocycles. The molecule has 2 heterocycles. The van der Waals surface area contributed by atoms with E-state index in [4.69, 9.17) is 4.74 Å². The van der Waals surface area contributed by atoms with Crippen LogP contribution in [0.2, 0.25) is 0 Å². The molecule has 2 aromatic rings. The Balaban J connectivity index is 1.75. The molecule has 1 aliphatic rings. The van der Waals surface area contributed by atoms with Gasteiger partial charge < -0.3 is 9.64 Å². The Hall–Kier alpha value is -0.950. The Bertz CT molecular complexity index is 624. The van der Waals surface area contributed by atoms with Crippen LogP contribution in [0, 0.1) is 3.83 Å². The average Bonchev–Trinajstić information content (AvgIpc) is 2.48. The van der Waals surface area contributed by atoms with E-state index in [1.165, 1.54) is 0 Å². The van der Waals surface area contributed by atoms with Gasteiger partial charge in [0.05, 0.1) is 0 Å². The first-order valence-electron chi connectivity index (χ1n) is 7.45. The molecule has 3 rings (SSSR count). The Labute approximate surface area is 139 Å². The lowest BCUT2D eigenvalue weighted by molar-refractivity contribution is 0.0852. The lowest BCUT2D eigenvalue weighted by Gasteiger charge is -2.34. The molecular weight excluding hydrogens is 377 g/mol. The molecule has 0 bridgehead atoms. The van der Waals surface area contributed by atoms with E-state index in [1.807, 2.05) is 24.4 Å². The maximum absolute atomic E-state index is 6.23. The Morgan fingerprint density at radius 1 is 1.29 bits per heavy atom. The van der Waals surface area contributed by atoms with Crippen LogP contribution in [0.15, 0.2) is 24.4 Å². The van der Waals surface area contributed by atoms with Crippen molar-refractivity contribution in [3.05, 3.63) is 28.2 Å². The van der Waals surface area contributed by atoms with Crippen LogP contribution in [-0.4, -0.2) is 40.1 Å². The zero-order chi connectivity index (χ0) is 14.8. The van der Waals surface area contributed by atoms with Gasteiger partial charge in [0.2, 0.25) is 0 Å². The quantitative estimate of drug-likeness (QED) is 0.587. The van der Waals surface area contributed by atoms with E-state index in [0.717, 1.165) is 46.4 Å². The molecule has 0 amide bonds. The molecule has 1 fully saturated rings. The molecule has 0 atom stereocenters. The van der Waals surface area contributed by atoms with Crippen LogP contribution in [0.5, 0.6) is 5.75 Å². The summed E-state index contributed by atoms with van der Waals surface area (Å²) in [5.74, 6) is 0.885. The van der Waals surface area contributed by atoms with Crippen molar-refractivity contribution in [1.82, 2.24) is 14.9 Å².